The number of nitrogens with two attached hydrogens (primary N) is 1. The van der Waals surface area contributed by atoms with E-state index in [0.717, 1.165) is 28.8 Å². The van der Waals surface area contributed by atoms with Gasteiger partial charge in [-0.3, -0.25) is 4.98 Å². The zero-order valence-corrected chi connectivity index (χ0v) is 22.2. The second kappa shape index (κ2) is 11.5. The van der Waals surface area contributed by atoms with E-state index in [2.05, 4.69) is 60.1 Å². The molecule has 0 amide bonds. The molecule has 2 saturated carbocycles. The molecule has 0 saturated heterocycles. The third-order valence-electron chi connectivity index (χ3n) is 7.75. The van der Waals surface area contributed by atoms with Gasteiger partial charge in [-0.05, 0) is 55.2 Å². The number of rotatable bonds is 6. The lowest BCUT2D eigenvalue weighted by Gasteiger charge is -2.32. The summed E-state index contributed by atoms with van der Waals surface area (Å²) in [7, 11) is 2.00. The van der Waals surface area contributed by atoms with E-state index in [4.69, 9.17) is 10.7 Å². The Bertz CT molecular complexity index is 1110. The molecule has 35 heavy (non-hydrogen) atoms. The average molecular weight is 478 g/mol. The number of nitrogens with zero attached hydrogens (tertiary/aromatic N) is 5. The van der Waals surface area contributed by atoms with Crippen molar-refractivity contribution in [3.63, 3.8) is 0 Å². The van der Waals surface area contributed by atoms with Crippen LogP contribution < -0.4 is 11.1 Å². The summed E-state index contributed by atoms with van der Waals surface area (Å²) in [6.45, 7) is 9.23. The third kappa shape index (κ3) is 6.00. The van der Waals surface area contributed by atoms with Crippen molar-refractivity contribution >= 4 is 17.0 Å². The predicted octanol–water partition coefficient (Wildman–Crippen LogP) is 6.19. The van der Waals surface area contributed by atoms with E-state index < -0.39 is 0 Å². The van der Waals surface area contributed by atoms with E-state index >= 15 is 0 Å². The first-order valence-electron chi connectivity index (χ1n) is 13.5. The molecule has 7 nitrogen and oxygen atoms in total. The zero-order chi connectivity index (χ0) is 24.9. The first kappa shape index (κ1) is 25.5. The number of aryl methyl sites for hydroxylation is 1. The molecule has 7 heteroatoms. The van der Waals surface area contributed by atoms with E-state index in [-0.39, 0.29) is 6.54 Å². The van der Waals surface area contributed by atoms with Crippen LogP contribution in [-0.2, 0) is 13.6 Å². The number of nitrogens with one attached hydrogen (secondary N) is 1. The van der Waals surface area contributed by atoms with Crippen LogP contribution in [0.1, 0.15) is 96.4 Å². The second-order valence-corrected chi connectivity index (χ2v) is 10.9. The number of anilines is 1. The molecule has 3 aromatic rings. The van der Waals surface area contributed by atoms with Crippen LogP contribution in [-0.4, -0.2) is 30.5 Å². The van der Waals surface area contributed by atoms with Crippen LogP contribution in [0.5, 0.6) is 0 Å². The smallest absolute Gasteiger partial charge is 0.184 e. The molecule has 0 radical (unpaired) electrons. The van der Waals surface area contributed by atoms with Crippen LogP contribution in [0, 0.1) is 11.8 Å². The summed E-state index contributed by atoms with van der Waals surface area (Å²) in [6, 6.07) is 4.52. The Hall–Kier alpha value is -2.54. The minimum atomic E-state index is 0.287. The number of pyridine rings is 1. The normalized spacial score (nSPS) is 17.7. The van der Waals surface area contributed by atoms with Gasteiger partial charge in [0.2, 0.25) is 0 Å². The molecule has 0 aromatic carbocycles. The third-order valence-corrected chi connectivity index (χ3v) is 7.75. The molecule has 0 aliphatic heterocycles. The fraction of sp³-hybridized carbons (Fsp3) is 0.643. The van der Waals surface area contributed by atoms with E-state index in [0.29, 0.717) is 29.3 Å². The Balaban J connectivity index is 0.000000356. The van der Waals surface area contributed by atoms with Crippen molar-refractivity contribution in [2.45, 2.75) is 97.6 Å². The standard InChI is InChI=1S/C21H29N7.C7H14/c1-12(2)15-8-9-23-16(10-15)21-27-20-18(28(21)4)19(25-17(11-22)26-20)24-13(3)14-6-5-7-14;1-7-5-3-2-4-6-7/h8-10,12-14H,5-7,11,22H2,1-4H3,(H,24,25,26);7H,2-6H2,1H3. The molecular formula is C28H43N7. The molecule has 2 aliphatic rings. The Labute approximate surface area is 210 Å². The van der Waals surface area contributed by atoms with Gasteiger partial charge < -0.3 is 15.6 Å². The fourth-order valence-corrected chi connectivity index (χ4v) is 5.09. The maximum Gasteiger partial charge on any atom is 0.184 e. The molecule has 3 N–H and O–H groups in total. The van der Waals surface area contributed by atoms with Crippen molar-refractivity contribution in [2.24, 2.45) is 24.6 Å². The van der Waals surface area contributed by atoms with Crippen LogP contribution in [0.25, 0.3) is 22.7 Å². The van der Waals surface area contributed by atoms with Gasteiger partial charge in [-0.25, -0.2) is 15.0 Å². The van der Waals surface area contributed by atoms with Gasteiger partial charge in [0.05, 0.1) is 6.54 Å². The summed E-state index contributed by atoms with van der Waals surface area (Å²) in [5, 5.41) is 3.61. The van der Waals surface area contributed by atoms with Crippen molar-refractivity contribution in [3.05, 3.63) is 29.7 Å². The van der Waals surface area contributed by atoms with Gasteiger partial charge in [0.25, 0.3) is 0 Å². The molecule has 3 heterocycles. The van der Waals surface area contributed by atoms with Crippen LogP contribution in [0.15, 0.2) is 18.3 Å². The van der Waals surface area contributed by atoms with E-state index in [1.807, 2.05) is 17.8 Å². The summed E-state index contributed by atoms with van der Waals surface area (Å²) in [5.74, 6) is 4.37. The number of hydrogen-bond acceptors (Lipinski definition) is 6. The molecular weight excluding hydrogens is 434 g/mol. The minimum Gasteiger partial charge on any atom is -0.365 e. The summed E-state index contributed by atoms with van der Waals surface area (Å²) < 4.78 is 2.04. The average Bonchev–Trinajstić information content (AvgIpc) is 3.15. The van der Waals surface area contributed by atoms with Crippen LogP contribution >= 0.6 is 0 Å². The van der Waals surface area contributed by atoms with Crippen LogP contribution in [0.4, 0.5) is 5.82 Å². The van der Waals surface area contributed by atoms with Gasteiger partial charge in [-0.2, -0.15) is 0 Å². The molecule has 3 aromatic heterocycles. The molecule has 190 valence electrons. The molecule has 1 atom stereocenters. The van der Waals surface area contributed by atoms with Crippen molar-refractivity contribution in [2.75, 3.05) is 5.32 Å². The lowest BCUT2D eigenvalue weighted by molar-refractivity contribution is 0.285. The highest BCUT2D eigenvalue weighted by molar-refractivity contribution is 5.86. The Morgan fingerprint density at radius 2 is 1.77 bits per heavy atom. The highest BCUT2D eigenvalue weighted by Crippen LogP contribution is 2.33. The molecule has 2 fully saturated rings. The van der Waals surface area contributed by atoms with Crippen molar-refractivity contribution < 1.29 is 0 Å². The largest absolute Gasteiger partial charge is 0.365 e. The maximum atomic E-state index is 5.85. The quantitative estimate of drug-likeness (QED) is 0.439. The number of aromatic nitrogens is 5. The van der Waals surface area contributed by atoms with E-state index in [9.17, 15) is 0 Å². The van der Waals surface area contributed by atoms with E-state index in [1.165, 1.54) is 56.9 Å². The SMILES string of the molecule is CC(C)c1ccnc(-c2nc3nc(CN)nc(NC(C)C4CCC4)c3n2C)c1.CC1CCCCC1. The van der Waals surface area contributed by atoms with Crippen molar-refractivity contribution in [1.29, 1.82) is 0 Å². The Morgan fingerprint density at radius 1 is 1.03 bits per heavy atom. The van der Waals surface area contributed by atoms with Gasteiger partial charge in [0.1, 0.15) is 17.0 Å². The molecule has 5 rings (SSSR count). The maximum absolute atomic E-state index is 5.85. The summed E-state index contributed by atoms with van der Waals surface area (Å²) in [4.78, 5) is 18.6. The monoisotopic (exact) mass is 477 g/mol. The summed E-state index contributed by atoms with van der Waals surface area (Å²) in [5.41, 5.74) is 9.49. The van der Waals surface area contributed by atoms with Gasteiger partial charge in [0, 0.05) is 19.3 Å². The van der Waals surface area contributed by atoms with Gasteiger partial charge in [0.15, 0.2) is 17.3 Å². The molecule has 1 unspecified atom stereocenters. The van der Waals surface area contributed by atoms with Gasteiger partial charge in [-0.15, -0.1) is 0 Å². The Kier molecular flexibility index (Phi) is 8.37. The lowest BCUT2D eigenvalue weighted by atomic mass is 9.80. The molecule has 0 bridgehead atoms. The summed E-state index contributed by atoms with van der Waals surface area (Å²) >= 11 is 0. The van der Waals surface area contributed by atoms with Crippen molar-refractivity contribution in [3.8, 4) is 11.5 Å². The summed E-state index contributed by atoms with van der Waals surface area (Å²) in [6.07, 6.45) is 13.1. The number of fused-ring (bicyclic) bond motifs is 1. The lowest BCUT2D eigenvalue weighted by Crippen LogP contribution is -2.31. The van der Waals surface area contributed by atoms with Crippen LogP contribution in [0.3, 0.4) is 0 Å². The minimum absolute atomic E-state index is 0.287. The van der Waals surface area contributed by atoms with Gasteiger partial charge >= 0.3 is 0 Å². The highest BCUT2D eigenvalue weighted by atomic mass is 15.2. The molecule has 2 aliphatic carbocycles. The first-order chi connectivity index (χ1) is 16.9. The van der Waals surface area contributed by atoms with E-state index in [1.54, 1.807) is 0 Å². The zero-order valence-electron chi connectivity index (χ0n) is 22.2. The Morgan fingerprint density at radius 3 is 2.34 bits per heavy atom. The first-order valence-corrected chi connectivity index (χ1v) is 13.5. The number of imidazole rings is 1. The highest BCUT2D eigenvalue weighted by Gasteiger charge is 2.26. The van der Waals surface area contributed by atoms with Gasteiger partial charge in [-0.1, -0.05) is 59.3 Å². The topological polar surface area (TPSA) is 94.5 Å². The van der Waals surface area contributed by atoms with Crippen molar-refractivity contribution in [1.82, 2.24) is 24.5 Å². The number of hydrogen-bond donors (Lipinski definition) is 2. The van der Waals surface area contributed by atoms with Crippen LogP contribution in [0.2, 0.25) is 0 Å². The fourth-order valence-electron chi connectivity index (χ4n) is 5.09. The predicted molar refractivity (Wildman–Crippen MR) is 144 cm³/mol. The molecule has 0 spiro atoms. The second-order valence-electron chi connectivity index (χ2n) is 10.9.